The van der Waals surface area contributed by atoms with Crippen LogP contribution < -0.4 is 5.32 Å². The van der Waals surface area contributed by atoms with Gasteiger partial charge >= 0.3 is 11.9 Å². The largest absolute Gasteiger partial charge is 0.478 e. The quantitative estimate of drug-likeness (QED) is 0.639. The molecule has 0 spiro atoms. The van der Waals surface area contributed by atoms with E-state index in [0.29, 0.717) is 5.56 Å². The number of carbonyl (C=O) groups excluding carboxylic acids is 1. The maximum Gasteiger partial charge on any atom is 0.433 e. The number of carbonyl (C=O) groups is 2. The van der Waals surface area contributed by atoms with E-state index in [9.17, 15) is 19.7 Å². The normalized spacial score (nSPS) is 10.1. The maximum atomic E-state index is 11.7. The van der Waals surface area contributed by atoms with Crippen molar-refractivity contribution in [3.8, 4) is 0 Å². The standard InChI is InChI=1S/C13H10N2O6/c16-12(10-5-6-11(21-10)15(19)20)14-7-8-1-3-9(4-2-8)13(17)18/h1-6H,7H2,(H,14,16)(H,17,18). The number of rotatable bonds is 5. The number of nitrogens with zero attached hydrogens (tertiary/aromatic N) is 1. The van der Waals surface area contributed by atoms with Crippen LogP contribution in [-0.2, 0) is 6.54 Å². The summed E-state index contributed by atoms with van der Waals surface area (Å²) < 4.78 is 4.76. The summed E-state index contributed by atoms with van der Waals surface area (Å²) in [6.07, 6.45) is 0. The van der Waals surface area contributed by atoms with E-state index < -0.39 is 22.7 Å². The smallest absolute Gasteiger partial charge is 0.433 e. The third-order valence-electron chi connectivity index (χ3n) is 2.65. The van der Waals surface area contributed by atoms with Crippen molar-refractivity contribution >= 4 is 17.8 Å². The second-order valence-electron chi connectivity index (χ2n) is 4.08. The summed E-state index contributed by atoms with van der Waals surface area (Å²) in [4.78, 5) is 32.1. The molecule has 8 heteroatoms. The molecule has 0 bridgehead atoms. The second-order valence-corrected chi connectivity index (χ2v) is 4.08. The molecule has 1 heterocycles. The summed E-state index contributed by atoms with van der Waals surface area (Å²) in [6, 6.07) is 8.27. The van der Waals surface area contributed by atoms with Gasteiger partial charge in [0.05, 0.1) is 11.6 Å². The van der Waals surface area contributed by atoms with Gasteiger partial charge in [-0.05, 0) is 23.8 Å². The molecule has 2 N–H and O–H groups in total. The highest BCUT2D eigenvalue weighted by molar-refractivity contribution is 5.91. The van der Waals surface area contributed by atoms with E-state index >= 15 is 0 Å². The number of furan rings is 1. The van der Waals surface area contributed by atoms with Crippen LogP contribution in [0.4, 0.5) is 5.88 Å². The van der Waals surface area contributed by atoms with Crippen LogP contribution >= 0.6 is 0 Å². The minimum absolute atomic E-state index is 0.145. The molecule has 0 atom stereocenters. The number of carboxylic acids is 1. The third-order valence-corrected chi connectivity index (χ3v) is 2.65. The van der Waals surface area contributed by atoms with Crippen molar-refractivity contribution in [2.24, 2.45) is 0 Å². The van der Waals surface area contributed by atoms with E-state index in [2.05, 4.69) is 5.32 Å². The van der Waals surface area contributed by atoms with Gasteiger partial charge in [-0.25, -0.2) is 4.79 Å². The molecule has 0 saturated heterocycles. The molecule has 2 aromatic rings. The highest BCUT2D eigenvalue weighted by atomic mass is 16.6. The van der Waals surface area contributed by atoms with Gasteiger partial charge in [0.25, 0.3) is 5.91 Å². The fourth-order valence-corrected chi connectivity index (χ4v) is 1.58. The minimum Gasteiger partial charge on any atom is -0.478 e. The monoisotopic (exact) mass is 290 g/mol. The summed E-state index contributed by atoms with van der Waals surface area (Å²) >= 11 is 0. The number of aromatic carboxylic acids is 1. The van der Waals surface area contributed by atoms with Gasteiger partial charge in [0, 0.05) is 6.54 Å². The lowest BCUT2D eigenvalue weighted by atomic mass is 10.1. The predicted molar refractivity (Wildman–Crippen MR) is 69.9 cm³/mol. The first-order valence-electron chi connectivity index (χ1n) is 5.82. The zero-order chi connectivity index (χ0) is 15.4. The molecule has 1 aromatic heterocycles. The fraction of sp³-hybridized carbons (Fsp3) is 0.0769. The maximum absolute atomic E-state index is 11.7. The Morgan fingerprint density at radius 2 is 1.86 bits per heavy atom. The SMILES string of the molecule is O=C(O)c1ccc(CNC(=O)c2ccc([N+](=O)[O-])o2)cc1. The van der Waals surface area contributed by atoms with E-state index in [1.54, 1.807) is 12.1 Å². The highest BCUT2D eigenvalue weighted by Crippen LogP contribution is 2.15. The fourth-order valence-electron chi connectivity index (χ4n) is 1.58. The molecule has 8 nitrogen and oxygen atoms in total. The minimum atomic E-state index is -1.03. The Morgan fingerprint density at radius 1 is 1.19 bits per heavy atom. The van der Waals surface area contributed by atoms with Crippen molar-refractivity contribution in [1.82, 2.24) is 5.32 Å². The van der Waals surface area contributed by atoms with Gasteiger partial charge < -0.3 is 14.8 Å². The molecule has 1 amide bonds. The van der Waals surface area contributed by atoms with Gasteiger partial charge in [0.2, 0.25) is 0 Å². The molecule has 1 aromatic carbocycles. The topological polar surface area (TPSA) is 123 Å². The molecule has 21 heavy (non-hydrogen) atoms. The van der Waals surface area contributed by atoms with Gasteiger partial charge in [0.1, 0.15) is 4.92 Å². The zero-order valence-corrected chi connectivity index (χ0v) is 10.6. The molecule has 0 aliphatic carbocycles. The molecule has 2 rings (SSSR count). The van der Waals surface area contributed by atoms with Gasteiger partial charge in [-0.2, -0.15) is 0 Å². The second kappa shape index (κ2) is 5.87. The molecule has 0 aliphatic rings. The number of nitrogens with one attached hydrogen (secondary N) is 1. The summed E-state index contributed by atoms with van der Waals surface area (Å²) in [5.74, 6) is -2.30. The van der Waals surface area contributed by atoms with Crippen molar-refractivity contribution < 1.29 is 24.0 Å². The van der Waals surface area contributed by atoms with Crippen molar-refractivity contribution in [1.29, 1.82) is 0 Å². The lowest BCUT2D eigenvalue weighted by Crippen LogP contribution is -2.22. The summed E-state index contributed by atoms with van der Waals surface area (Å²) in [7, 11) is 0. The number of amides is 1. The first kappa shape index (κ1) is 14.3. The van der Waals surface area contributed by atoms with Gasteiger partial charge in [-0.15, -0.1) is 0 Å². The van der Waals surface area contributed by atoms with Gasteiger partial charge in [-0.3, -0.25) is 14.9 Å². The third kappa shape index (κ3) is 3.44. The average molecular weight is 290 g/mol. The van der Waals surface area contributed by atoms with E-state index in [-0.39, 0.29) is 17.9 Å². The molecular weight excluding hydrogens is 280 g/mol. The van der Waals surface area contributed by atoms with Crippen LogP contribution in [0.5, 0.6) is 0 Å². The molecule has 0 saturated carbocycles. The van der Waals surface area contributed by atoms with E-state index in [1.165, 1.54) is 18.2 Å². The number of hydrogen-bond acceptors (Lipinski definition) is 5. The Kier molecular flexibility index (Phi) is 3.98. The van der Waals surface area contributed by atoms with E-state index in [1.807, 2.05) is 0 Å². The molecule has 0 fully saturated rings. The Bertz CT molecular complexity index is 689. The van der Waals surface area contributed by atoms with Crippen molar-refractivity contribution in [2.45, 2.75) is 6.54 Å². The molecule has 0 radical (unpaired) electrons. The van der Waals surface area contributed by atoms with Crippen molar-refractivity contribution in [2.75, 3.05) is 0 Å². The molecule has 0 unspecified atom stereocenters. The Balaban J connectivity index is 1.97. The average Bonchev–Trinajstić information content (AvgIpc) is 2.95. The molecule has 0 aliphatic heterocycles. The highest BCUT2D eigenvalue weighted by Gasteiger charge is 2.16. The predicted octanol–water partition coefficient (Wildman–Crippen LogP) is 1.82. The van der Waals surface area contributed by atoms with Gasteiger partial charge in [0.15, 0.2) is 5.76 Å². The van der Waals surface area contributed by atoms with Crippen LogP contribution in [-0.4, -0.2) is 21.9 Å². The Labute approximate surface area is 118 Å². The lowest BCUT2D eigenvalue weighted by molar-refractivity contribution is -0.402. The van der Waals surface area contributed by atoms with Crippen LogP contribution in [0.2, 0.25) is 0 Å². The Hall–Kier alpha value is -3.16. The molecular formula is C13H10N2O6. The van der Waals surface area contributed by atoms with Crippen LogP contribution in [0.25, 0.3) is 0 Å². The summed E-state index contributed by atoms with van der Waals surface area (Å²) in [6.45, 7) is 0.146. The molecule has 108 valence electrons. The zero-order valence-electron chi connectivity index (χ0n) is 10.6. The number of nitro groups is 1. The van der Waals surface area contributed by atoms with Gasteiger partial charge in [-0.1, -0.05) is 12.1 Å². The summed E-state index contributed by atoms with van der Waals surface area (Å²) in [5, 5.41) is 21.7. The summed E-state index contributed by atoms with van der Waals surface area (Å²) in [5.41, 5.74) is 0.834. The van der Waals surface area contributed by atoms with Crippen LogP contribution in [0.15, 0.2) is 40.8 Å². The van der Waals surface area contributed by atoms with Crippen LogP contribution in [0.1, 0.15) is 26.5 Å². The van der Waals surface area contributed by atoms with Crippen LogP contribution in [0, 0.1) is 10.1 Å². The number of carboxylic acid groups (broad SMARTS) is 1. The van der Waals surface area contributed by atoms with Crippen molar-refractivity contribution in [3.05, 3.63) is 63.4 Å². The number of benzene rings is 1. The van der Waals surface area contributed by atoms with Crippen molar-refractivity contribution in [3.63, 3.8) is 0 Å². The first-order chi connectivity index (χ1) is 9.97. The van der Waals surface area contributed by atoms with E-state index in [4.69, 9.17) is 9.52 Å². The number of hydrogen-bond donors (Lipinski definition) is 2. The first-order valence-corrected chi connectivity index (χ1v) is 5.82. The Morgan fingerprint density at radius 3 is 2.38 bits per heavy atom. The lowest BCUT2D eigenvalue weighted by Gasteiger charge is -2.03. The van der Waals surface area contributed by atoms with E-state index in [0.717, 1.165) is 6.07 Å². The van der Waals surface area contributed by atoms with Crippen LogP contribution in [0.3, 0.4) is 0 Å².